The molecule has 3 rings (SSSR count). The monoisotopic (exact) mass is 411 g/mol. The molecule has 0 atom stereocenters. The minimum atomic E-state index is -0.348. The zero-order valence-electron chi connectivity index (χ0n) is 11.2. The zero-order valence-corrected chi connectivity index (χ0v) is 14.4. The van der Waals surface area contributed by atoms with Crippen molar-refractivity contribution in [2.45, 2.75) is 13.3 Å². The molecule has 0 unspecified atom stereocenters. The van der Waals surface area contributed by atoms with Crippen molar-refractivity contribution in [3.63, 3.8) is 0 Å². The molecule has 3 aromatic rings. The maximum atomic E-state index is 13.6. The third-order valence-electron chi connectivity index (χ3n) is 3.39. The highest BCUT2D eigenvalue weighted by molar-refractivity contribution is 9.10. The lowest BCUT2D eigenvalue weighted by Gasteiger charge is -2.12. The first kappa shape index (κ1) is 14.5. The second-order valence-electron chi connectivity index (χ2n) is 4.69. The fourth-order valence-electron chi connectivity index (χ4n) is 2.40. The molecule has 21 heavy (non-hydrogen) atoms. The van der Waals surface area contributed by atoms with Crippen LogP contribution in [0.3, 0.4) is 0 Å². The van der Waals surface area contributed by atoms with E-state index in [1.54, 1.807) is 6.07 Å². The van der Waals surface area contributed by atoms with E-state index in [1.165, 1.54) is 6.07 Å². The molecule has 0 amide bonds. The molecule has 0 saturated carbocycles. The Morgan fingerprint density at radius 1 is 1.24 bits per heavy atom. The maximum absolute atomic E-state index is 13.6. The Hall–Kier alpha value is -1.40. The van der Waals surface area contributed by atoms with Crippen LogP contribution in [-0.2, 0) is 6.42 Å². The quantitative estimate of drug-likeness (QED) is 0.654. The van der Waals surface area contributed by atoms with E-state index in [0.717, 1.165) is 27.7 Å². The molecule has 2 aromatic carbocycles. The smallest absolute Gasteiger partial charge is 0.205 e. The Bertz CT molecular complexity index is 843. The Kier molecular flexibility index (Phi) is 3.75. The molecule has 1 aromatic heterocycles. The highest BCUT2D eigenvalue weighted by Gasteiger charge is 2.15. The minimum Gasteiger partial charge on any atom is -0.369 e. The van der Waals surface area contributed by atoms with Gasteiger partial charge in [0.05, 0.1) is 21.2 Å². The lowest BCUT2D eigenvalue weighted by atomic mass is 10.1. The summed E-state index contributed by atoms with van der Waals surface area (Å²) in [5.41, 5.74) is 9.46. The molecule has 3 nitrogen and oxygen atoms in total. The normalized spacial score (nSPS) is 11.2. The van der Waals surface area contributed by atoms with E-state index in [9.17, 15) is 4.39 Å². The fraction of sp³-hybridized carbons (Fsp3) is 0.133. The van der Waals surface area contributed by atoms with Gasteiger partial charge in [-0.25, -0.2) is 9.37 Å². The van der Waals surface area contributed by atoms with Crippen LogP contribution in [0.5, 0.6) is 0 Å². The van der Waals surface area contributed by atoms with Crippen molar-refractivity contribution >= 4 is 48.8 Å². The first-order valence-corrected chi connectivity index (χ1v) is 8.01. The summed E-state index contributed by atoms with van der Waals surface area (Å²) < 4.78 is 16.9. The van der Waals surface area contributed by atoms with Gasteiger partial charge in [-0.05, 0) is 52.2 Å². The predicted octanol–water partition coefficient (Wildman–Crippen LogP) is 4.83. The van der Waals surface area contributed by atoms with Crippen LogP contribution in [0.25, 0.3) is 16.7 Å². The van der Waals surface area contributed by atoms with Gasteiger partial charge in [-0.3, -0.25) is 4.57 Å². The molecule has 0 saturated heterocycles. The van der Waals surface area contributed by atoms with Crippen LogP contribution in [0.2, 0.25) is 0 Å². The molecular weight excluding hydrogens is 401 g/mol. The second-order valence-corrected chi connectivity index (χ2v) is 6.46. The molecule has 0 aliphatic rings. The van der Waals surface area contributed by atoms with Gasteiger partial charge in [0.1, 0.15) is 5.82 Å². The minimum absolute atomic E-state index is 0.347. The third-order valence-corrected chi connectivity index (χ3v) is 4.49. The van der Waals surface area contributed by atoms with Crippen LogP contribution < -0.4 is 5.73 Å². The van der Waals surface area contributed by atoms with Gasteiger partial charge in [-0.1, -0.05) is 22.9 Å². The number of nitrogen functional groups attached to an aromatic ring is 1. The number of anilines is 1. The molecule has 0 fully saturated rings. The average Bonchev–Trinajstić information content (AvgIpc) is 2.75. The molecule has 6 heteroatoms. The summed E-state index contributed by atoms with van der Waals surface area (Å²) in [6.07, 6.45) is 0.857. The maximum Gasteiger partial charge on any atom is 0.205 e. The summed E-state index contributed by atoms with van der Waals surface area (Å²) in [7, 11) is 0. The number of rotatable bonds is 2. The van der Waals surface area contributed by atoms with Gasteiger partial charge in [-0.2, -0.15) is 0 Å². The van der Waals surface area contributed by atoms with Crippen molar-refractivity contribution in [3.8, 4) is 5.69 Å². The molecule has 1 heterocycles. The predicted molar refractivity (Wildman–Crippen MR) is 90.2 cm³/mol. The summed E-state index contributed by atoms with van der Waals surface area (Å²) in [5, 5.41) is 0. The van der Waals surface area contributed by atoms with Gasteiger partial charge in [0.2, 0.25) is 5.95 Å². The molecule has 108 valence electrons. The van der Waals surface area contributed by atoms with Crippen LogP contribution in [0.1, 0.15) is 12.5 Å². The van der Waals surface area contributed by atoms with Crippen molar-refractivity contribution in [2.24, 2.45) is 0 Å². The van der Waals surface area contributed by atoms with Crippen LogP contribution >= 0.6 is 31.9 Å². The first-order valence-electron chi connectivity index (χ1n) is 6.43. The number of aryl methyl sites for hydroxylation is 1. The summed E-state index contributed by atoms with van der Waals surface area (Å²) in [5.74, 6) is -0.00167. The largest absolute Gasteiger partial charge is 0.369 e. The van der Waals surface area contributed by atoms with E-state index in [2.05, 4.69) is 49.8 Å². The van der Waals surface area contributed by atoms with E-state index in [1.807, 2.05) is 16.7 Å². The third kappa shape index (κ3) is 2.46. The molecule has 0 radical (unpaired) electrons. The van der Waals surface area contributed by atoms with Crippen molar-refractivity contribution in [2.75, 3.05) is 5.73 Å². The second kappa shape index (κ2) is 5.42. The van der Waals surface area contributed by atoms with Crippen LogP contribution in [0, 0.1) is 5.82 Å². The number of hydrogen-bond acceptors (Lipinski definition) is 2. The number of fused-ring (bicyclic) bond motifs is 1. The van der Waals surface area contributed by atoms with Gasteiger partial charge in [0.15, 0.2) is 0 Å². The van der Waals surface area contributed by atoms with E-state index in [0.29, 0.717) is 15.9 Å². The molecule has 0 spiro atoms. The van der Waals surface area contributed by atoms with E-state index in [-0.39, 0.29) is 5.82 Å². The zero-order chi connectivity index (χ0) is 15.1. The first-order chi connectivity index (χ1) is 10.0. The van der Waals surface area contributed by atoms with Gasteiger partial charge in [0, 0.05) is 10.5 Å². The SMILES string of the molecule is CCc1cc(Br)ccc1-n1c(N)nc2cc(F)c(Br)cc21. The highest BCUT2D eigenvalue weighted by atomic mass is 79.9. The Morgan fingerprint density at radius 2 is 2.00 bits per heavy atom. The molecule has 2 N–H and O–H groups in total. The fourth-order valence-corrected chi connectivity index (χ4v) is 3.14. The lowest BCUT2D eigenvalue weighted by molar-refractivity contribution is 0.623. The molecule has 0 aliphatic carbocycles. The topological polar surface area (TPSA) is 43.8 Å². The number of halogens is 3. The Labute approximate surface area is 138 Å². The van der Waals surface area contributed by atoms with Gasteiger partial charge >= 0.3 is 0 Å². The average molecular weight is 413 g/mol. The van der Waals surface area contributed by atoms with Crippen molar-refractivity contribution in [3.05, 3.63) is 50.7 Å². The summed E-state index contributed by atoms with van der Waals surface area (Å²) in [4.78, 5) is 4.26. The van der Waals surface area contributed by atoms with Crippen molar-refractivity contribution < 1.29 is 4.39 Å². The number of hydrogen-bond donors (Lipinski definition) is 1. The van der Waals surface area contributed by atoms with Gasteiger partial charge < -0.3 is 5.73 Å². The number of aromatic nitrogens is 2. The van der Waals surface area contributed by atoms with Crippen molar-refractivity contribution in [1.29, 1.82) is 0 Å². The number of imidazole rings is 1. The van der Waals surface area contributed by atoms with Gasteiger partial charge in [0.25, 0.3) is 0 Å². The van der Waals surface area contributed by atoms with Crippen molar-refractivity contribution in [1.82, 2.24) is 9.55 Å². The summed E-state index contributed by atoms with van der Waals surface area (Å²) >= 11 is 6.69. The van der Waals surface area contributed by atoms with Gasteiger partial charge in [-0.15, -0.1) is 0 Å². The van der Waals surface area contributed by atoms with E-state index < -0.39 is 0 Å². The lowest BCUT2D eigenvalue weighted by Crippen LogP contribution is -2.03. The number of nitrogens with zero attached hydrogens (tertiary/aromatic N) is 2. The van der Waals surface area contributed by atoms with Crippen LogP contribution in [0.15, 0.2) is 39.3 Å². The molecular formula is C15H12Br2FN3. The van der Waals surface area contributed by atoms with E-state index >= 15 is 0 Å². The highest BCUT2D eigenvalue weighted by Crippen LogP contribution is 2.30. The number of benzene rings is 2. The Balaban J connectivity index is 2.35. The standard InChI is InChI=1S/C15H12Br2FN3/c1-2-8-5-9(16)3-4-13(8)21-14-6-10(17)11(18)7-12(14)20-15(21)19/h3-7H,2H2,1H3,(H2,19,20). The summed E-state index contributed by atoms with van der Waals surface area (Å²) in [6.45, 7) is 2.08. The molecule has 0 aliphatic heterocycles. The summed E-state index contributed by atoms with van der Waals surface area (Å²) in [6, 6.07) is 9.08. The number of nitrogens with two attached hydrogens (primary N) is 1. The van der Waals surface area contributed by atoms with E-state index in [4.69, 9.17) is 5.73 Å². The van der Waals surface area contributed by atoms with Crippen LogP contribution in [0.4, 0.5) is 10.3 Å². The molecule has 0 bridgehead atoms. The van der Waals surface area contributed by atoms with Crippen LogP contribution in [-0.4, -0.2) is 9.55 Å². The Morgan fingerprint density at radius 3 is 2.71 bits per heavy atom.